The minimum absolute atomic E-state index is 0.00234. The molecule has 0 saturated carbocycles. The second-order valence-corrected chi connectivity index (χ2v) is 6.40. The van der Waals surface area contributed by atoms with Gasteiger partial charge < -0.3 is 5.11 Å². The lowest BCUT2D eigenvalue weighted by Gasteiger charge is -2.23. The Hall–Kier alpha value is -2.37. The van der Waals surface area contributed by atoms with Gasteiger partial charge in [-0.05, 0) is 30.3 Å². The molecule has 0 aliphatic heterocycles. The number of carbonyl (C=O) groups excluding carboxylic acids is 1. The van der Waals surface area contributed by atoms with E-state index in [1.807, 2.05) is 39.3 Å². The lowest BCUT2D eigenvalue weighted by Crippen LogP contribution is -2.35. The number of carbonyl (C=O) groups is 1. The number of rotatable bonds is 4. The number of phenols is 1. The Morgan fingerprint density at radius 3 is 2.61 bits per heavy atom. The lowest BCUT2D eigenvalue weighted by molar-refractivity contribution is 0.0955. The zero-order chi connectivity index (χ0) is 17.0. The molecule has 0 aliphatic carbocycles. The summed E-state index contributed by atoms with van der Waals surface area (Å²) in [5, 5.41) is 14.0. The van der Waals surface area contributed by atoms with Crippen molar-refractivity contribution in [1.29, 1.82) is 0 Å². The van der Waals surface area contributed by atoms with Crippen LogP contribution in [-0.2, 0) is 0 Å². The number of nitrogens with one attached hydrogen (secondary N) is 1. The fraction of sp³-hybridized carbons (Fsp3) is 0.176. The predicted molar refractivity (Wildman–Crippen MR) is 94.2 cm³/mol. The molecule has 0 atom stereocenters. The first-order chi connectivity index (χ1) is 10.8. The molecule has 0 saturated heterocycles. The van der Waals surface area contributed by atoms with Crippen LogP contribution in [0.2, 0.25) is 5.02 Å². The standard InChI is InChI=1S/C17H18ClN3O2/c1-21(2,3)15-6-4-5-12(9-15)17(23)20-19-11-13-7-8-14(18)10-16(13)22/h4-11H,1-3H3,(H-,19,20,22,23)/p+1. The molecule has 0 aliphatic rings. The Morgan fingerprint density at radius 1 is 1.22 bits per heavy atom. The van der Waals surface area contributed by atoms with Crippen molar-refractivity contribution in [2.24, 2.45) is 5.10 Å². The van der Waals surface area contributed by atoms with E-state index in [9.17, 15) is 9.90 Å². The summed E-state index contributed by atoms with van der Waals surface area (Å²) in [4.78, 5) is 12.1. The number of halogens is 1. The van der Waals surface area contributed by atoms with E-state index in [1.54, 1.807) is 18.2 Å². The molecule has 120 valence electrons. The first kappa shape index (κ1) is 17.0. The molecule has 2 rings (SSSR count). The number of amides is 1. The molecule has 0 spiro atoms. The minimum atomic E-state index is -0.315. The summed E-state index contributed by atoms with van der Waals surface area (Å²) in [5.74, 6) is -0.312. The van der Waals surface area contributed by atoms with E-state index in [2.05, 4.69) is 10.5 Å². The normalized spacial score (nSPS) is 11.7. The van der Waals surface area contributed by atoms with E-state index in [0.717, 1.165) is 5.69 Å². The van der Waals surface area contributed by atoms with Crippen LogP contribution < -0.4 is 9.91 Å². The highest BCUT2D eigenvalue weighted by Gasteiger charge is 2.14. The predicted octanol–water partition coefficient (Wildman–Crippen LogP) is 3.01. The molecule has 2 aromatic carbocycles. The van der Waals surface area contributed by atoms with Gasteiger partial charge in [-0.2, -0.15) is 5.10 Å². The monoisotopic (exact) mass is 332 g/mol. The van der Waals surface area contributed by atoms with E-state index in [1.165, 1.54) is 12.3 Å². The molecule has 0 heterocycles. The van der Waals surface area contributed by atoms with E-state index < -0.39 is 0 Å². The summed E-state index contributed by atoms with van der Waals surface area (Å²) in [6.45, 7) is 0. The first-order valence-electron chi connectivity index (χ1n) is 7.01. The molecule has 2 aromatic rings. The average Bonchev–Trinajstić information content (AvgIpc) is 2.48. The second-order valence-electron chi connectivity index (χ2n) is 5.97. The molecule has 6 heteroatoms. The summed E-state index contributed by atoms with van der Waals surface area (Å²) >= 11 is 5.76. The number of aromatic hydroxyl groups is 1. The van der Waals surface area contributed by atoms with E-state index >= 15 is 0 Å². The van der Waals surface area contributed by atoms with Crippen LogP contribution in [-0.4, -0.2) is 38.4 Å². The number of hydrogen-bond acceptors (Lipinski definition) is 3. The Labute approximate surface area is 140 Å². The van der Waals surface area contributed by atoms with Crippen LogP contribution in [0.3, 0.4) is 0 Å². The highest BCUT2D eigenvalue weighted by Crippen LogP contribution is 2.20. The van der Waals surface area contributed by atoms with Crippen LogP contribution in [0.5, 0.6) is 5.75 Å². The Bertz CT molecular complexity index is 752. The highest BCUT2D eigenvalue weighted by atomic mass is 35.5. The van der Waals surface area contributed by atoms with Gasteiger partial charge in [0, 0.05) is 22.2 Å². The fourth-order valence-corrected chi connectivity index (χ4v) is 2.08. The molecule has 0 fully saturated rings. The van der Waals surface area contributed by atoms with E-state index in [-0.39, 0.29) is 11.7 Å². The third kappa shape index (κ3) is 4.55. The van der Waals surface area contributed by atoms with Gasteiger partial charge in [0.05, 0.1) is 27.4 Å². The largest absolute Gasteiger partial charge is 0.507 e. The van der Waals surface area contributed by atoms with Crippen LogP contribution in [0.25, 0.3) is 0 Å². The molecule has 5 nitrogen and oxygen atoms in total. The summed E-state index contributed by atoms with van der Waals surface area (Å²) in [6, 6.07) is 12.0. The third-order valence-electron chi connectivity index (χ3n) is 3.25. The van der Waals surface area contributed by atoms with Crippen molar-refractivity contribution in [1.82, 2.24) is 9.91 Å². The van der Waals surface area contributed by atoms with E-state index in [0.29, 0.717) is 20.6 Å². The molecule has 0 unspecified atom stereocenters. The SMILES string of the molecule is C[N+](C)(C)c1cccc(C(=O)N/N=C/c2ccc(Cl)cc2O)c1. The maximum Gasteiger partial charge on any atom is 0.271 e. The molecule has 2 N–H and O–H groups in total. The van der Waals surface area contributed by atoms with Gasteiger partial charge in [0.15, 0.2) is 0 Å². The number of phenolic OH excluding ortho intramolecular Hbond substituents is 1. The maximum absolute atomic E-state index is 12.1. The Balaban J connectivity index is 2.09. The van der Waals surface area contributed by atoms with Crippen molar-refractivity contribution in [2.75, 3.05) is 21.1 Å². The molecular formula is C17H19ClN3O2+. The summed E-state index contributed by atoms with van der Waals surface area (Å²) < 4.78 is 0.614. The third-order valence-corrected chi connectivity index (χ3v) is 3.48. The lowest BCUT2D eigenvalue weighted by atomic mass is 10.1. The number of benzene rings is 2. The fourth-order valence-electron chi connectivity index (χ4n) is 1.92. The van der Waals surface area contributed by atoms with Crippen LogP contribution in [0.4, 0.5) is 5.69 Å². The van der Waals surface area contributed by atoms with Crippen molar-refractivity contribution in [2.45, 2.75) is 0 Å². The van der Waals surface area contributed by atoms with Crippen molar-refractivity contribution in [3.8, 4) is 5.75 Å². The number of hydrogen-bond donors (Lipinski definition) is 2. The second kappa shape index (κ2) is 6.81. The first-order valence-corrected chi connectivity index (χ1v) is 7.39. The molecule has 23 heavy (non-hydrogen) atoms. The maximum atomic E-state index is 12.1. The molecule has 1 amide bonds. The van der Waals surface area contributed by atoms with Crippen molar-refractivity contribution < 1.29 is 9.90 Å². The van der Waals surface area contributed by atoms with Crippen molar-refractivity contribution in [3.05, 3.63) is 58.6 Å². The van der Waals surface area contributed by atoms with Gasteiger partial charge >= 0.3 is 0 Å². The Morgan fingerprint density at radius 2 is 1.96 bits per heavy atom. The van der Waals surface area contributed by atoms with Gasteiger partial charge in [0.2, 0.25) is 0 Å². The number of hydrazone groups is 1. The van der Waals surface area contributed by atoms with Gasteiger partial charge in [-0.15, -0.1) is 0 Å². The smallest absolute Gasteiger partial charge is 0.271 e. The zero-order valence-corrected chi connectivity index (χ0v) is 14.0. The van der Waals surface area contributed by atoms with Crippen LogP contribution in [0, 0.1) is 0 Å². The van der Waals surface area contributed by atoms with Gasteiger partial charge in [-0.3, -0.25) is 9.28 Å². The number of quaternary nitrogens is 1. The summed E-state index contributed by atoms with van der Waals surface area (Å²) in [6.07, 6.45) is 1.37. The van der Waals surface area contributed by atoms with Crippen LogP contribution in [0.15, 0.2) is 47.6 Å². The van der Waals surface area contributed by atoms with Crippen LogP contribution in [0.1, 0.15) is 15.9 Å². The van der Waals surface area contributed by atoms with E-state index in [4.69, 9.17) is 11.6 Å². The van der Waals surface area contributed by atoms with Gasteiger partial charge in [0.1, 0.15) is 11.4 Å². The highest BCUT2D eigenvalue weighted by molar-refractivity contribution is 6.30. The molecule has 0 aromatic heterocycles. The zero-order valence-electron chi connectivity index (χ0n) is 13.2. The van der Waals surface area contributed by atoms with Crippen molar-refractivity contribution in [3.63, 3.8) is 0 Å². The molecular weight excluding hydrogens is 314 g/mol. The number of nitrogens with zero attached hydrogens (tertiary/aromatic N) is 2. The quantitative estimate of drug-likeness (QED) is 0.513. The molecule has 0 bridgehead atoms. The molecule has 0 radical (unpaired) electrons. The van der Waals surface area contributed by atoms with Gasteiger partial charge in [0.25, 0.3) is 5.91 Å². The summed E-state index contributed by atoms with van der Waals surface area (Å²) in [5.41, 5.74) is 4.45. The topological polar surface area (TPSA) is 61.7 Å². The van der Waals surface area contributed by atoms with Crippen LogP contribution >= 0.6 is 11.6 Å². The van der Waals surface area contributed by atoms with Gasteiger partial charge in [-0.25, -0.2) is 5.43 Å². The minimum Gasteiger partial charge on any atom is -0.507 e. The summed E-state index contributed by atoms with van der Waals surface area (Å²) in [7, 11) is 6.08. The average molecular weight is 333 g/mol. The van der Waals surface area contributed by atoms with Crippen molar-refractivity contribution >= 4 is 29.4 Å². The Kier molecular flexibility index (Phi) is 5.03. The van der Waals surface area contributed by atoms with Gasteiger partial charge in [-0.1, -0.05) is 17.7 Å².